The largest absolute Gasteiger partial charge is 0.443 e. The van der Waals surface area contributed by atoms with Crippen LogP contribution in [0.1, 0.15) is 47.4 Å². The first-order valence-corrected chi connectivity index (χ1v) is 9.87. The topological polar surface area (TPSA) is 112 Å². The van der Waals surface area contributed by atoms with Gasteiger partial charge in [-0.15, -0.1) is 4.90 Å². The van der Waals surface area contributed by atoms with Crippen molar-refractivity contribution in [2.75, 3.05) is 0 Å². The molecule has 2 rings (SSSR count). The maximum Gasteiger partial charge on any atom is 0.427 e. The van der Waals surface area contributed by atoms with Crippen LogP contribution < -0.4 is 5.73 Å². The van der Waals surface area contributed by atoms with Crippen molar-refractivity contribution in [1.29, 1.82) is 0 Å². The van der Waals surface area contributed by atoms with Gasteiger partial charge in [0.25, 0.3) is 0 Å². The number of hydrogen-bond donors (Lipinski definition) is 1. The zero-order valence-electron chi connectivity index (χ0n) is 19.4. The summed E-state index contributed by atoms with van der Waals surface area (Å²) < 4.78 is 12.6. The number of benzene rings is 1. The van der Waals surface area contributed by atoms with E-state index in [1.54, 1.807) is 65.9 Å². The third-order valence-corrected chi connectivity index (χ3v) is 3.99. The number of nitrogens with two attached hydrogens (primary N) is 1. The summed E-state index contributed by atoms with van der Waals surface area (Å²) in [7, 11) is 1.91. The normalized spacial score (nSPS) is 12.5. The van der Waals surface area contributed by atoms with Crippen LogP contribution in [0.25, 0.3) is 11.3 Å². The minimum Gasteiger partial charge on any atom is -0.443 e. The van der Waals surface area contributed by atoms with Crippen LogP contribution in [0.3, 0.4) is 0 Å². The number of imidazole rings is 1. The molecule has 0 radical (unpaired) electrons. The molecule has 1 aromatic heterocycles. The highest BCUT2D eigenvalue weighted by atomic mass is 16.6. The minimum atomic E-state index is -0.971. The van der Waals surface area contributed by atoms with Gasteiger partial charge in [0.1, 0.15) is 17.0 Å². The van der Waals surface area contributed by atoms with Crippen molar-refractivity contribution in [3.63, 3.8) is 0 Å². The number of carbonyl (C=O) groups is 2. The van der Waals surface area contributed by atoms with Crippen LogP contribution in [0, 0.1) is 6.92 Å². The van der Waals surface area contributed by atoms with Gasteiger partial charge in [-0.1, -0.05) is 12.1 Å². The second-order valence-corrected chi connectivity index (χ2v) is 9.07. The first-order valence-electron chi connectivity index (χ1n) is 9.87. The Morgan fingerprint density at radius 2 is 1.61 bits per heavy atom. The van der Waals surface area contributed by atoms with E-state index in [9.17, 15) is 9.59 Å². The zero-order valence-corrected chi connectivity index (χ0v) is 19.4. The second-order valence-electron chi connectivity index (χ2n) is 9.07. The van der Waals surface area contributed by atoms with Crippen molar-refractivity contribution in [2.45, 2.75) is 59.7 Å². The molecule has 0 fully saturated rings. The molecular formula is C22H31N5O4. The number of aliphatic imine (C=N–C) groups is 1. The number of amides is 2. The van der Waals surface area contributed by atoms with Gasteiger partial charge in [0, 0.05) is 12.6 Å². The number of carbonyl (C=O) groups excluding carboxylic acids is 2. The SMILES string of the molecule is Cc1ncc(-c2cccc(N=C(N)N(C(=O)OC(C)(C)C)C(=O)OC(C)(C)C)c2)n1C. The van der Waals surface area contributed by atoms with E-state index in [4.69, 9.17) is 15.2 Å². The smallest absolute Gasteiger partial charge is 0.427 e. The number of guanidine groups is 1. The number of imide groups is 1. The Kier molecular flexibility index (Phi) is 6.78. The molecule has 0 aliphatic rings. The Morgan fingerprint density at radius 3 is 2.06 bits per heavy atom. The summed E-state index contributed by atoms with van der Waals surface area (Å²) in [5.41, 5.74) is 6.59. The van der Waals surface area contributed by atoms with E-state index < -0.39 is 23.4 Å². The summed E-state index contributed by atoms with van der Waals surface area (Å²) in [6.07, 6.45) is -0.183. The van der Waals surface area contributed by atoms with Crippen molar-refractivity contribution in [3.8, 4) is 11.3 Å². The van der Waals surface area contributed by atoms with Crippen LogP contribution in [0.2, 0.25) is 0 Å². The fourth-order valence-electron chi connectivity index (χ4n) is 2.56. The number of nitrogens with zero attached hydrogens (tertiary/aromatic N) is 4. The molecular weight excluding hydrogens is 398 g/mol. The van der Waals surface area contributed by atoms with Gasteiger partial charge in [-0.2, -0.15) is 0 Å². The quantitative estimate of drug-likeness (QED) is 0.555. The van der Waals surface area contributed by atoms with Gasteiger partial charge in [0.05, 0.1) is 17.6 Å². The molecule has 2 amide bonds. The number of rotatable bonds is 2. The number of aryl methyl sites for hydroxylation is 1. The molecule has 9 nitrogen and oxygen atoms in total. The molecule has 0 saturated heterocycles. The summed E-state index contributed by atoms with van der Waals surface area (Å²) in [5.74, 6) is 0.506. The fraction of sp³-hybridized carbons (Fsp3) is 0.455. The first kappa shape index (κ1) is 23.9. The van der Waals surface area contributed by atoms with Crippen LogP contribution in [0.5, 0.6) is 0 Å². The molecule has 1 heterocycles. The zero-order chi connectivity index (χ0) is 23.6. The summed E-state index contributed by atoms with van der Waals surface area (Å²) in [5, 5.41) is 0. The van der Waals surface area contributed by atoms with Crippen LogP contribution in [-0.2, 0) is 16.5 Å². The molecule has 0 bridgehead atoms. The number of aromatic nitrogens is 2. The molecule has 0 unspecified atom stereocenters. The van der Waals surface area contributed by atoms with E-state index in [2.05, 4.69) is 9.98 Å². The Hall–Kier alpha value is -3.36. The predicted octanol–water partition coefficient (Wildman–Crippen LogP) is 4.51. The summed E-state index contributed by atoms with van der Waals surface area (Å²) >= 11 is 0. The summed E-state index contributed by atoms with van der Waals surface area (Å²) in [6.45, 7) is 12.0. The third-order valence-electron chi connectivity index (χ3n) is 3.99. The van der Waals surface area contributed by atoms with E-state index in [0.717, 1.165) is 17.1 Å². The van der Waals surface area contributed by atoms with Crippen LogP contribution in [0.4, 0.5) is 15.3 Å². The highest BCUT2D eigenvalue weighted by molar-refractivity contribution is 6.08. The van der Waals surface area contributed by atoms with Crippen molar-refractivity contribution in [2.24, 2.45) is 17.8 Å². The van der Waals surface area contributed by atoms with Crippen LogP contribution >= 0.6 is 0 Å². The molecule has 2 N–H and O–H groups in total. The lowest BCUT2D eigenvalue weighted by Gasteiger charge is -2.27. The van der Waals surface area contributed by atoms with Gasteiger partial charge in [-0.3, -0.25) is 0 Å². The molecule has 0 spiro atoms. The van der Waals surface area contributed by atoms with Crippen LogP contribution in [-0.4, -0.2) is 43.8 Å². The Balaban J connectivity index is 2.42. The molecule has 0 saturated carbocycles. The third kappa shape index (κ3) is 6.56. The van der Waals surface area contributed by atoms with E-state index >= 15 is 0 Å². The van der Waals surface area contributed by atoms with Gasteiger partial charge < -0.3 is 19.8 Å². The molecule has 0 aliphatic carbocycles. The molecule has 1 aromatic carbocycles. The monoisotopic (exact) mass is 429 g/mol. The van der Waals surface area contributed by atoms with Crippen molar-refractivity contribution in [1.82, 2.24) is 14.5 Å². The Bertz CT molecular complexity index is 968. The predicted molar refractivity (Wildman–Crippen MR) is 119 cm³/mol. The van der Waals surface area contributed by atoms with Crippen molar-refractivity contribution in [3.05, 3.63) is 36.3 Å². The standard InChI is InChI=1S/C22H31N5O4/c1-14-24-13-17(26(14)8)15-10-9-11-16(12-15)25-18(23)27(19(28)30-21(2,3)4)20(29)31-22(5,6)7/h9-13H,1-8H3,(H2,23,25). The maximum atomic E-state index is 12.7. The molecule has 0 atom stereocenters. The molecule has 2 aromatic rings. The molecule has 0 aliphatic heterocycles. The lowest BCUT2D eigenvalue weighted by molar-refractivity contribution is 0.0145. The summed E-state index contributed by atoms with van der Waals surface area (Å²) in [6, 6.07) is 7.20. The Morgan fingerprint density at radius 1 is 1.06 bits per heavy atom. The second kappa shape index (κ2) is 8.79. The lowest BCUT2D eigenvalue weighted by Crippen LogP contribution is -2.49. The highest BCUT2D eigenvalue weighted by Gasteiger charge is 2.34. The van der Waals surface area contributed by atoms with Gasteiger partial charge in [-0.25, -0.2) is 19.6 Å². The molecule has 168 valence electrons. The van der Waals surface area contributed by atoms with E-state index in [0.29, 0.717) is 10.6 Å². The van der Waals surface area contributed by atoms with Gasteiger partial charge in [0.2, 0.25) is 5.96 Å². The van der Waals surface area contributed by atoms with Gasteiger partial charge in [0.15, 0.2) is 0 Å². The van der Waals surface area contributed by atoms with E-state index in [1.807, 2.05) is 24.6 Å². The lowest BCUT2D eigenvalue weighted by atomic mass is 10.1. The van der Waals surface area contributed by atoms with E-state index in [-0.39, 0.29) is 5.96 Å². The maximum absolute atomic E-state index is 12.7. The fourth-order valence-corrected chi connectivity index (χ4v) is 2.56. The number of hydrogen-bond acceptors (Lipinski definition) is 6. The van der Waals surface area contributed by atoms with Crippen molar-refractivity contribution >= 4 is 23.8 Å². The summed E-state index contributed by atoms with van der Waals surface area (Å²) in [4.78, 5) is 34.5. The molecule has 9 heteroatoms. The average Bonchev–Trinajstić information content (AvgIpc) is 2.91. The average molecular weight is 430 g/mol. The van der Waals surface area contributed by atoms with Crippen LogP contribution in [0.15, 0.2) is 35.5 Å². The Labute approximate surface area is 182 Å². The number of ether oxygens (including phenoxy) is 2. The van der Waals surface area contributed by atoms with Gasteiger partial charge in [-0.05, 0) is 60.6 Å². The minimum absolute atomic E-state index is 0.359. The van der Waals surface area contributed by atoms with E-state index in [1.165, 1.54) is 0 Å². The molecule has 31 heavy (non-hydrogen) atoms. The first-order chi connectivity index (χ1) is 14.2. The highest BCUT2D eigenvalue weighted by Crippen LogP contribution is 2.25. The van der Waals surface area contributed by atoms with Gasteiger partial charge >= 0.3 is 12.2 Å². The van der Waals surface area contributed by atoms with Crippen molar-refractivity contribution < 1.29 is 19.1 Å².